The molecule has 0 unspecified atom stereocenters. The molecule has 1 aromatic carbocycles. The molecule has 10 heavy (non-hydrogen) atoms. The van der Waals surface area contributed by atoms with E-state index < -0.39 is 0 Å². The Balaban J connectivity index is 2.52. The summed E-state index contributed by atoms with van der Waals surface area (Å²) in [5, 5.41) is 0.815. The molecule has 1 N–H and O–H groups in total. The van der Waals surface area contributed by atoms with Gasteiger partial charge in [-0.3, -0.25) is 4.72 Å². The third-order valence-corrected chi connectivity index (χ3v) is 2.60. The average Bonchev–Trinajstić information content (AvgIpc) is 2.33. The maximum absolute atomic E-state index is 5.78. The molecule has 0 radical (unpaired) electrons. The predicted octanol–water partition coefficient (Wildman–Crippen LogP) is 2.45. The fourth-order valence-corrected chi connectivity index (χ4v) is 2.04. The first-order valence-corrected chi connectivity index (χ1v) is 4.24. The monoisotopic (exact) mass is 171 g/mol. The van der Waals surface area contributed by atoms with E-state index in [1.807, 2.05) is 12.1 Å². The fourth-order valence-electron chi connectivity index (χ4n) is 0.961. The topological polar surface area (TPSA) is 12.0 Å². The van der Waals surface area contributed by atoms with E-state index in [-0.39, 0.29) is 0 Å². The lowest BCUT2D eigenvalue weighted by Gasteiger charge is -1.94. The number of hydrogen-bond acceptors (Lipinski definition) is 2. The lowest BCUT2D eigenvalue weighted by Crippen LogP contribution is -1.91. The third-order valence-electron chi connectivity index (χ3n) is 1.47. The molecule has 2 rings (SSSR count). The van der Waals surface area contributed by atoms with E-state index in [0.29, 0.717) is 0 Å². The van der Waals surface area contributed by atoms with E-state index >= 15 is 0 Å². The Hall–Kier alpha value is -0.180. The van der Waals surface area contributed by atoms with Crippen LogP contribution in [-0.4, -0.2) is 0 Å². The van der Waals surface area contributed by atoms with Gasteiger partial charge >= 0.3 is 0 Å². The van der Waals surface area contributed by atoms with Gasteiger partial charge in [-0.15, -0.1) is 0 Å². The van der Waals surface area contributed by atoms with Crippen LogP contribution in [-0.2, 0) is 6.54 Å². The highest BCUT2D eigenvalue weighted by atomic mass is 35.5. The Bertz CT molecular complexity index is 262. The molecule has 1 heterocycles. The van der Waals surface area contributed by atoms with Crippen LogP contribution in [0.3, 0.4) is 0 Å². The van der Waals surface area contributed by atoms with Gasteiger partial charge in [0.05, 0.1) is 0 Å². The van der Waals surface area contributed by atoms with Gasteiger partial charge in [0.15, 0.2) is 0 Å². The summed E-state index contributed by atoms with van der Waals surface area (Å²) in [5.41, 5.74) is 1.34. The van der Waals surface area contributed by atoms with Gasteiger partial charge < -0.3 is 0 Å². The molecule has 0 aliphatic carbocycles. The van der Waals surface area contributed by atoms with Crippen LogP contribution in [0.15, 0.2) is 23.1 Å². The number of hydrogen-bond donors (Lipinski definition) is 1. The minimum atomic E-state index is 0.815. The SMILES string of the molecule is Clc1ccc2c(c1)SNC2. The Labute approximate surface area is 68.9 Å². The Morgan fingerprint density at radius 3 is 3.30 bits per heavy atom. The fraction of sp³-hybridized carbons (Fsp3) is 0.143. The number of halogens is 1. The van der Waals surface area contributed by atoms with Crippen LogP contribution in [0.5, 0.6) is 0 Å². The van der Waals surface area contributed by atoms with Crippen molar-refractivity contribution in [2.45, 2.75) is 11.4 Å². The number of nitrogens with one attached hydrogen (secondary N) is 1. The van der Waals surface area contributed by atoms with Crippen molar-refractivity contribution in [1.29, 1.82) is 0 Å². The number of rotatable bonds is 0. The van der Waals surface area contributed by atoms with Gasteiger partial charge in [-0.05, 0) is 29.6 Å². The molecular formula is C7H6ClNS. The summed E-state index contributed by atoms with van der Waals surface area (Å²) in [6, 6.07) is 5.97. The lowest BCUT2D eigenvalue weighted by molar-refractivity contribution is 0.994. The van der Waals surface area contributed by atoms with Crippen molar-refractivity contribution < 1.29 is 0 Å². The second-order valence-corrected chi connectivity index (χ2v) is 3.54. The molecule has 0 saturated carbocycles. The largest absolute Gasteiger partial charge is 0.255 e. The van der Waals surface area contributed by atoms with Crippen LogP contribution in [0.4, 0.5) is 0 Å². The summed E-state index contributed by atoms with van der Waals surface area (Å²) in [6.45, 7) is 0.956. The minimum absolute atomic E-state index is 0.815. The standard InChI is InChI=1S/C7H6ClNS/c8-6-2-1-5-4-9-10-7(5)3-6/h1-3,9H,4H2. The van der Waals surface area contributed by atoms with Gasteiger partial charge in [0.2, 0.25) is 0 Å². The quantitative estimate of drug-likeness (QED) is 0.602. The van der Waals surface area contributed by atoms with E-state index in [2.05, 4.69) is 10.8 Å². The molecule has 1 aliphatic rings. The highest BCUT2D eigenvalue weighted by Crippen LogP contribution is 2.29. The maximum atomic E-state index is 5.78. The van der Waals surface area contributed by atoms with Gasteiger partial charge in [-0.2, -0.15) is 0 Å². The highest BCUT2D eigenvalue weighted by Gasteiger charge is 2.09. The Morgan fingerprint density at radius 2 is 2.40 bits per heavy atom. The average molecular weight is 172 g/mol. The second kappa shape index (κ2) is 2.46. The molecular weight excluding hydrogens is 166 g/mol. The summed E-state index contributed by atoms with van der Waals surface area (Å²) in [7, 11) is 0. The molecule has 1 aliphatic heterocycles. The molecule has 0 bridgehead atoms. The molecule has 0 amide bonds. The molecule has 0 saturated heterocycles. The highest BCUT2D eigenvalue weighted by molar-refractivity contribution is 7.97. The zero-order valence-corrected chi connectivity index (χ0v) is 6.80. The summed E-state index contributed by atoms with van der Waals surface area (Å²) in [5.74, 6) is 0. The molecule has 0 aromatic heterocycles. The minimum Gasteiger partial charge on any atom is -0.255 e. The van der Waals surface area contributed by atoms with Crippen molar-refractivity contribution >= 4 is 23.5 Å². The maximum Gasteiger partial charge on any atom is 0.0417 e. The van der Waals surface area contributed by atoms with E-state index in [4.69, 9.17) is 11.6 Å². The molecule has 0 fully saturated rings. The van der Waals surface area contributed by atoms with Crippen LogP contribution in [0.1, 0.15) is 5.56 Å². The summed E-state index contributed by atoms with van der Waals surface area (Å²) in [6.07, 6.45) is 0. The van der Waals surface area contributed by atoms with Crippen molar-refractivity contribution in [2.24, 2.45) is 0 Å². The first-order valence-electron chi connectivity index (χ1n) is 3.04. The van der Waals surface area contributed by atoms with Gasteiger partial charge in [0, 0.05) is 16.5 Å². The summed E-state index contributed by atoms with van der Waals surface area (Å²) < 4.78 is 3.17. The van der Waals surface area contributed by atoms with Gasteiger partial charge in [-0.25, -0.2) is 0 Å². The molecule has 52 valence electrons. The van der Waals surface area contributed by atoms with Crippen LogP contribution in [0.2, 0.25) is 5.02 Å². The first-order chi connectivity index (χ1) is 4.86. The lowest BCUT2D eigenvalue weighted by atomic mass is 10.2. The first kappa shape index (κ1) is 6.53. The second-order valence-electron chi connectivity index (χ2n) is 2.18. The van der Waals surface area contributed by atoms with Crippen molar-refractivity contribution in [3.05, 3.63) is 28.8 Å². The van der Waals surface area contributed by atoms with Crippen LogP contribution in [0, 0.1) is 0 Å². The number of fused-ring (bicyclic) bond motifs is 1. The normalized spacial score (nSPS) is 15.3. The smallest absolute Gasteiger partial charge is 0.0417 e. The summed E-state index contributed by atoms with van der Waals surface area (Å²) >= 11 is 7.43. The van der Waals surface area contributed by atoms with Crippen LogP contribution in [0.25, 0.3) is 0 Å². The molecule has 3 heteroatoms. The van der Waals surface area contributed by atoms with Crippen molar-refractivity contribution in [3.8, 4) is 0 Å². The number of benzene rings is 1. The van der Waals surface area contributed by atoms with Gasteiger partial charge in [-0.1, -0.05) is 17.7 Å². The Morgan fingerprint density at radius 1 is 1.50 bits per heavy atom. The zero-order chi connectivity index (χ0) is 6.97. The van der Waals surface area contributed by atoms with Crippen molar-refractivity contribution in [1.82, 2.24) is 4.72 Å². The third kappa shape index (κ3) is 1.03. The van der Waals surface area contributed by atoms with Gasteiger partial charge in [0.25, 0.3) is 0 Å². The van der Waals surface area contributed by atoms with E-state index in [9.17, 15) is 0 Å². The van der Waals surface area contributed by atoms with E-state index in [0.717, 1.165) is 11.6 Å². The predicted molar refractivity (Wildman–Crippen MR) is 44.1 cm³/mol. The zero-order valence-electron chi connectivity index (χ0n) is 5.23. The van der Waals surface area contributed by atoms with Crippen molar-refractivity contribution in [2.75, 3.05) is 0 Å². The van der Waals surface area contributed by atoms with Crippen LogP contribution >= 0.6 is 23.5 Å². The van der Waals surface area contributed by atoms with Gasteiger partial charge in [0.1, 0.15) is 0 Å². The summed E-state index contributed by atoms with van der Waals surface area (Å²) in [4.78, 5) is 1.26. The molecule has 1 aromatic rings. The van der Waals surface area contributed by atoms with Crippen LogP contribution < -0.4 is 4.72 Å². The Kier molecular flexibility index (Phi) is 1.60. The van der Waals surface area contributed by atoms with E-state index in [1.54, 1.807) is 11.9 Å². The molecule has 0 spiro atoms. The van der Waals surface area contributed by atoms with E-state index in [1.165, 1.54) is 10.5 Å². The molecule has 0 atom stereocenters. The van der Waals surface area contributed by atoms with Crippen molar-refractivity contribution in [3.63, 3.8) is 0 Å². The molecule has 1 nitrogen and oxygen atoms in total.